The van der Waals surface area contributed by atoms with Gasteiger partial charge in [-0.15, -0.1) is 0 Å². The highest BCUT2D eigenvalue weighted by molar-refractivity contribution is 9.10. The number of halogens is 1. The van der Waals surface area contributed by atoms with Crippen LogP contribution in [0, 0.1) is 0 Å². The molecule has 0 unspecified atom stereocenters. The van der Waals surface area contributed by atoms with E-state index in [1.54, 1.807) is 30.3 Å². The average molecular weight is 395 g/mol. The zero-order valence-electron chi connectivity index (χ0n) is 12.8. The summed E-state index contributed by atoms with van der Waals surface area (Å²) in [4.78, 5) is 24.5. The lowest BCUT2D eigenvalue weighted by Gasteiger charge is -2.04. The van der Waals surface area contributed by atoms with E-state index in [0.29, 0.717) is 22.6 Å². The lowest BCUT2D eigenvalue weighted by atomic mass is 10.1. The van der Waals surface area contributed by atoms with Crippen molar-refractivity contribution in [3.63, 3.8) is 0 Å². The molecule has 2 aromatic carbocycles. The predicted molar refractivity (Wildman–Crippen MR) is 96.4 cm³/mol. The smallest absolute Gasteiger partial charge is 0.282 e. The summed E-state index contributed by atoms with van der Waals surface area (Å²) < 4.78 is 6.64. The molecule has 2 amide bonds. The fourth-order valence-electron chi connectivity index (χ4n) is 2.62. The molecule has 1 aliphatic heterocycles. The van der Waals surface area contributed by atoms with Crippen molar-refractivity contribution in [3.05, 3.63) is 82.0 Å². The number of hydrogen-bond acceptors (Lipinski definition) is 4. The van der Waals surface area contributed by atoms with Crippen LogP contribution in [0.2, 0.25) is 0 Å². The zero-order valence-corrected chi connectivity index (χ0v) is 14.4. The van der Waals surface area contributed by atoms with Crippen molar-refractivity contribution in [1.82, 2.24) is 5.01 Å². The summed E-state index contributed by atoms with van der Waals surface area (Å²) in [6, 6.07) is 17.9. The number of rotatable bonds is 3. The van der Waals surface area contributed by atoms with Crippen LogP contribution < -0.4 is 0 Å². The van der Waals surface area contributed by atoms with Gasteiger partial charge < -0.3 is 4.42 Å². The third kappa shape index (κ3) is 2.70. The Bertz CT molecular complexity index is 988. The van der Waals surface area contributed by atoms with Crippen molar-refractivity contribution < 1.29 is 14.0 Å². The first-order chi connectivity index (χ1) is 12.1. The summed E-state index contributed by atoms with van der Waals surface area (Å²) in [5.41, 5.74) is 1.62. The van der Waals surface area contributed by atoms with Gasteiger partial charge in [0, 0.05) is 10.0 Å². The van der Waals surface area contributed by atoms with Crippen LogP contribution in [0.3, 0.4) is 0 Å². The van der Waals surface area contributed by atoms with Crippen molar-refractivity contribution in [2.45, 2.75) is 0 Å². The molecule has 25 heavy (non-hydrogen) atoms. The minimum atomic E-state index is -0.436. The third-order valence-corrected chi connectivity index (χ3v) is 4.53. The normalized spacial score (nSPS) is 13.7. The van der Waals surface area contributed by atoms with Crippen LogP contribution in [0.1, 0.15) is 26.5 Å². The number of benzene rings is 2. The van der Waals surface area contributed by atoms with E-state index in [0.717, 1.165) is 15.0 Å². The topological polar surface area (TPSA) is 62.9 Å². The second-order valence-corrected chi connectivity index (χ2v) is 6.25. The molecule has 0 N–H and O–H groups in total. The van der Waals surface area contributed by atoms with Crippen LogP contribution in [-0.2, 0) is 0 Å². The Morgan fingerprint density at radius 1 is 0.840 bits per heavy atom. The number of imide groups is 1. The van der Waals surface area contributed by atoms with Crippen molar-refractivity contribution >= 4 is 34.0 Å². The lowest BCUT2D eigenvalue weighted by molar-refractivity contribution is 0.0660. The van der Waals surface area contributed by atoms with Crippen molar-refractivity contribution in [2.24, 2.45) is 5.10 Å². The van der Waals surface area contributed by atoms with E-state index in [1.165, 1.54) is 6.21 Å². The van der Waals surface area contributed by atoms with Gasteiger partial charge in [0.2, 0.25) is 0 Å². The Kier molecular flexibility index (Phi) is 3.82. The number of carbonyl (C=O) groups excluding carboxylic acids is 2. The first-order valence-electron chi connectivity index (χ1n) is 7.51. The van der Waals surface area contributed by atoms with E-state index >= 15 is 0 Å². The summed E-state index contributed by atoms with van der Waals surface area (Å²) in [6.45, 7) is 0. The molecule has 0 aliphatic carbocycles. The molecule has 4 rings (SSSR count). The van der Waals surface area contributed by atoms with Gasteiger partial charge in [0.15, 0.2) is 0 Å². The highest BCUT2D eigenvalue weighted by Crippen LogP contribution is 2.29. The molecule has 0 atom stereocenters. The quantitative estimate of drug-likeness (QED) is 0.490. The van der Waals surface area contributed by atoms with Crippen LogP contribution in [-0.4, -0.2) is 23.0 Å². The van der Waals surface area contributed by atoms with Crippen LogP contribution in [0.4, 0.5) is 0 Å². The lowest BCUT2D eigenvalue weighted by Crippen LogP contribution is -2.23. The number of hydrogen-bond donors (Lipinski definition) is 0. The fraction of sp³-hybridized carbons (Fsp3) is 0. The molecule has 0 saturated heterocycles. The molecular formula is C19H11BrN2O3. The van der Waals surface area contributed by atoms with Gasteiger partial charge in [0.25, 0.3) is 11.8 Å². The van der Waals surface area contributed by atoms with Crippen LogP contribution in [0.15, 0.2) is 74.7 Å². The van der Waals surface area contributed by atoms with E-state index < -0.39 is 11.8 Å². The molecule has 122 valence electrons. The van der Waals surface area contributed by atoms with Gasteiger partial charge in [-0.1, -0.05) is 46.3 Å². The molecule has 0 spiro atoms. The van der Waals surface area contributed by atoms with Gasteiger partial charge in [0.05, 0.1) is 17.3 Å². The van der Waals surface area contributed by atoms with Crippen LogP contribution >= 0.6 is 15.9 Å². The molecular weight excluding hydrogens is 384 g/mol. The molecule has 3 aromatic rings. The SMILES string of the molecule is O=C1c2ccccc2C(=O)N1/N=C\c1ccc(-c2ccccc2Br)o1. The second kappa shape index (κ2) is 6.14. The molecule has 1 aromatic heterocycles. The Labute approximate surface area is 151 Å². The number of hydrazone groups is 1. The first-order valence-corrected chi connectivity index (χ1v) is 8.31. The summed E-state index contributed by atoms with van der Waals surface area (Å²) in [5, 5.41) is 4.86. The number of amides is 2. The van der Waals surface area contributed by atoms with Gasteiger partial charge in [0.1, 0.15) is 11.5 Å². The highest BCUT2D eigenvalue weighted by Gasteiger charge is 2.35. The minimum absolute atomic E-state index is 0.359. The molecule has 0 saturated carbocycles. The Morgan fingerprint density at radius 3 is 2.08 bits per heavy atom. The second-order valence-electron chi connectivity index (χ2n) is 5.39. The first kappa shape index (κ1) is 15.5. The largest absolute Gasteiger partial charge is 0.455 e. The fourth-order valence-corrected chi connectivity index (χ4v) is 3.10. The molecule has 1 aliphatic rings. The number of carbonyl (C=O) groups is 2. The Morgan fingerprint density at radius 2 is 1.44 bits per heavy atom. The van der Waals surface area contributed by atoms with Gasteiger partial charge in [-0.3, -0.25) is 9.59 Å². The molecule has 6 heteroatoms. The van der Waals surface area contributed by atoms with Gasteiger partial charge in [-0.05, 0) is 30.3 Å². The summed E-state index contributed by atoms with van der Waals surface area (Å²) in [6.07, 6.45) is 1.36. The maximum Gasteiger partial charge on any atom is 0.282 e. The van der Waals surface area contributed by atoms with E-state index in [4.69, 9.17) is 4.42 Å². The monoisotopic (exact) mass is 394 g/mol. The molecule has 5 nitrogen and oxygen atoms in total. The van der Waals surface area contributed by atoms with E-state index in [2.05, 4.69) is 21.0 Å². The molecule has 0 radical (unpaired) electrons. The summed E-state index contributed by atoms with van der Waals surface area (Å²) >= 11 is 3.48. The van der Waals surface area contributed by atoms with Crippen molar-refractivity contribution in [3.8, 4) is 11.3 Å². The molecule has 2 heterocycles. The Balaban J connectivity index is 1.59. The molecule has 0 fully saturated rings. The predicted octanol–water partition coefficient (Wildman–Crippen LogP) is 4.34. The third-order valence-electron chi connectivity index (χ3n) is 3.84. The number of fused-ring (bicyclic) bond motifs is 1. The van der Waals surface area contributed by atoms with Crippen LogP contribution in [0.5, 0.6) is 0 Å². The standard InChI is InChI=1S/C19H11BrN2O3/c20-16-8-4-3-7-15(16)17-10-9-12(25-17)11-21-22-18(23)13-5-1-2-6-14(13)19(22)24/h1-11H/b21-11-. The van der Waals surface area contributed by atoms with Gasteiger partial charge in [-0.25, -0.2) is 0 Å². The number of furan rings is 1. The summed E-state index contributed by atoms with van der Waals surface area (Å²) in [5.74, 6) is 0.238. The maximum absolute atomic E-state index is 12.3. The van der Waals surface area contributed by atoms with Gasteiger partial charge in [-0.2, -0.15) is 10.1 Å². The Hall–Kier alpha value is -2.99. The van der Waals surface area contributed by atoms with Gasteiger partial charge >= 0.3 is 0 Å². The van der Waals surface area contributed by atoms with Crippen molar-refractivity contribution in [1.29, 1.82) is 0 Å². The van der Waals surface area contributed by atoms with E-state index in [9.17, 15) is 9.59 Å². The molecule has 0 bridgehead atoms. The zero-order chi connectivity index (χ0) is 17.4. The van der Waals surface area contributed by atoms with Crippen LogP contribution in [0.25, 0.3) is 11.3 Å². The highest BCUT2D eigenvalue weighted by atomic mass is 79.9. The van der Waals surface area contributed by atoms with Crippen molar-refractivity contribution in [2.75, 3.05) is 0 Å². The minimum Gasteiger partial charge on any atom is -0.455 e. The maximum atomic E-state index is 12.3. The summed E-state index contributed by atoms with van der Waals surface area (Å²) in [7, 11) is 0. The number of nitrogens with zero attached hydrogens (tertiary/aromatic N) is 2. The average Bonchev–Trinajstić information content (AvgIpc) is 3.19. The van der Waals surface area contributed by atoms with E-state index in [1.807, 2.05) is 30.3 Å². The van der Waals surface area contributed by atoms with E-state index in [-0.39, 0.29) is 0 Å².